The molecule has 21 heavy (non-hydrogen) atoms. The van der Waals surface area contributed by atoms with Crippen molar-refractivity contribution < 1.29 is 4.39 Å². The van der Waals surface area contributed by atoms with Gasteiger partial charge in [-0.05, 0) is 18.2 Å². The third kappa shape index (κ3) is 2.81. The van der Waals surface area contributed by atoms with E-state index in [9.17, 15) is 4.39 Å². The van der Waals surface area contributed by atoms with Crippen molar-refractivity contribution in [3.8, 4) is 5.69 Å². The zero-order chi connectivity index (χ0) is 14.7. The summed E-state index contributed by atoms with van der Waals surface area (Å²) >= 11 is 0. The molecule has 0 unspecified atom stereocenters. The monoisotopic (exact) mass is 284 g/mol. The fourth-order valence-corrected chi connectivity index (χ4v) is 1.91. The van der Waals surface area contributed by atoms with Gasteiger partial charge in [-0.25, -0.2) is 18.7 Å². The highest BCUT2D eigenvalue weighted by atomic mass is 19.1. The van der Waals surface area contributed by atoms with Gasteiger partial charge in [0.05, 0.1) is 6.20 Å². The Morgan fingerprint density at radius 3 is 2.90 bits per heavy atom. The lowest BCUT2D eigenvalue weighted by Crippen LogP contribution is -2.02. The minimum absolute atomic E-state index is 0.359. The van der Waals surface area contributed by atoms with Crippen LogP contribution < -0.4 is 5.32 Å². The lowest BCUT2D eigenvalue weighted by Gasteiger charge is -2.07. The number of halogens is 1. The molecule has 3 aromatic rings. The normalized spacial score (nSPS) is 10.5. The molecule has 0 bridgehead atoms. The first-order chi connectivity index (χ1) is 10.3. The summed E-state index contributed by atoms with van der Waals surface area (Å²) in [5.74, 6) is -0.368. The Hall–Kier alpha value is -2.96. The van der Waals surface area contributed by atoms with Gasteiger partial charge in [0.15, 0.2) is 5.82 Å². The molecule has 2 heterocycles. The number of benzene rings is 1. The highest BCUT2D eigenvalue weighted by molar-refractivity contribution is 5.49. The van der Waals surface area contributed by atoms with Gasteiger partial charge in [0.1, 0.15) is 18.3 Å². The van der Waals surface area contributed by atoms with E-state index in [4.69, 9.17) is 0 Å². The second-order valence-electron chi connectivity index (χ2n) is 4.37. The summed E-state index contributed by atoms with van der Waals surface area (Å²) in [4.78, 5) is 3.80. The molecule has 0 spiro atoms. The van der Waals surface area contributed by atoms with Crippen LogP contribution in [0.3, 0.4) is 0 Å². The Balaban J connectivity index is 1.72. The van der Waals surface area contributed by atoms with Crippen LogP contribution in [0.4, 0.5) is 10.1 Å². The predicted molar refractivity (Wildman–Crippen MR) is 77.3 cm³/mol. The molecule has 1 aromatic carbocycles. The van der Waals surface area contributed by atoms with Gasteiger partial charge >= 0.3 is 0 Å². The molecular weight excluding hydrogens is 271 g/mol. The first-order valence-electron chi connectivity index (χ1n) is 6.30. The maximum atomic E-state index is 14.0. The van der Waals surface area contributed by atoms with Crippen molar-refractivity contribution in [3.63, 3.8) is 0 Å². The zero-order valence-electron chi connectivity index (χ0n) is 11.1. The average molecular weight is 284 g/mol. The maximum Gasteiger partial charge on any atom is 0.150 e. The van der Waals surface area contributed by atoms with Crippen LogP contribution in [0.1, 0.15) is 5.56 Å². The first-order valence-corrected chi connectivity index (χ1v) is 6.30. The third-order valence-electron chi connectivity index (χ3n) is 2.95. The Labute approximate surface area is 120 Å². The summed E-state index contributed by atoms with van der Waals surface area (Å²) < 4.78 is 17.0. The van der Waals surface area contributed by atoms with Gasteiger partial charge in [-0.3, -0.25) is 0 Å². The highest BCUT2D eigenvalue weighted by Crippen LogP contribution is 2.18. The van der Waals surface area contributed by atoms with E-state index in [1.165, 1.54) is 23.4 Å². The number of hydrogen-bond donors (Lipinski definition) is 1. The molecular formula is C14H13FN6. The van der Waals surface area contributed by atoms with Crippen LogP contribution in [-0.2, 0) is 6.54 Å². The van der Waals surface area contributed by atoms with Crippen molar-refractivity contribution >= 4 is 11.9 Å². The van der Waals surface area contributed by atoms with Crippen LogP contribution in [0.2, 0.25) is 0 Å². The fourth-order valence-electron chi connectivity index (χ4n) is 1.91. The molecule has 0 aliphatic heterocycles. The van der Waals surface area contributed by atoms with Crippen LogP contribution in [0.15, 0.2) is 49.8 Å². The van der Waals surface area contributed by atoms with Gasteiger partial charge < -0.3 is 5.32 Å². The van der Waals surface area contributed by atoms with E-state index in [2.05, 4.69) is 27.1 Å². The van der Waals surface area contributed by atoms with Gasteiger partial charge in [-0.2, -0.15) is 10.2 Å². The molecule has 0 radical (unpaired) electrons. The molecule has 0 saturated carbocycles. The molecule has 0 fully saturated rings. The van der Waals surface area contributed by atoms with Crippen LogP contribution in [0.5, 0.6) is 0 Å². The molecule has 0 amide bonds. The predicted octanol–water partition coefficient (Wildman–Crippen LogP) is 2.32. The van der Waals surface area contributed by atoms with Gasteiger partial charge in [-0.1, -0.05) is 6.58 Å². The molecule has 2 aromatic heterocycles. The van der Waals surface area contributed by atoms with E-state index in [-0.39, 0.29) is 5.82 Å². The third-order valence-corrected chi connectivity index (χ3v) is 2.95. The average Bonchev–Trinajstić information content (AvgIpc) is 3.16. The van der Waals surface area contributed by atoms with Crippen LogP contribution in [0.25, 0.3) is 11.9 Å². The van der Waals surface area contributed by atoms with Crippen LogP contribution in [-0.4, -0.2) is 24.5 Å². The summed E-state index contributed by atoms with van der Waals surface area (Å²) in [6, 6.07) is 4.87. The Morgan fingerprint density at radius 2 is 2.24 bits per heavy atom. The summed E-state index contributed by atoms with van der Waals surface area (Å²) in [6.45, 7) is 4.18. The molecule has 0 aliphatic rings. The van der Waals surface area contributed by atoms with E-state index in [1.807, 2.05) is 6.20 Å². The van der Waals surface area contributed by atoms with Crippen molar-refractivity contribution in [1.82, 2.24) is 24.5 Å². The minimum Gasteiger partial charge on any atom is -0.381 e. The smallest absolute Gasteiger partial charge is 0.150 e. The lowest BCUT2D eigenvalue weighted by molar-refractivity contribution is 0.611. The molecule has 1 N–H and O–H groups in total. The number of nitrogens with one attached hydrogen (secondary N) is 1. The molecule has 0 saturated heterocycles. The van der Waals surface area contributed by atoms with E-state index in [0.29, 0.717) is 17.9 Å². The highest BCUT2D eigenvalue weighted by Gasteiger charge is 2.06. The Bertz CT molecular complexity index is 747. The molecule has 0 aliphatic carbocycles. The van der Waals surface area contributed by atoms with Crippen molar-refractivity contribution in [2.45, 2.75) is 6.54 Å². The summed E-state index contributed by atoms with van der Waals surface area (Å²) in [6.07, 6.45) is 8.00. The molecule has 3 rings (SSSR count). The van der Waals surface area contributed by atoms with Crippen LogP contribution in [0, 0.1) is 5.82 Å². The fraction of sp³-hybridized carbons (Fsp3) is 0.0714. The molecule has 6 nitrogen and oxygen atoms in total. The lowest BCUT2D eigenvalue weighted by atomic mass is 10.2. The van der Waals surface area contributed by atoms with Crippen LogP contribution >= 0.6 is 0 Å². The standard InChI is InChI=1S/C14H13FN6/c1-2-20-8-11(7-18-20)6-17-12-3-4-14(13(15)5-12)21-10-16-9-19-21/h2-5,7-10,17H,1,6H2. The van der Waals surface area contributed by atoms with Crippen molar-refractivity contribution in [2.24, 2.45) is 0 Å². The van der Waals surface area contributed by atoms with Gasteiger partial charge in [0, 0.05) is 30.2 Å². The summed E-state index contributed by atoms with van der Waals surface area (Å²) in [5.41, 5.74) is 2.02. The van der Waals surface area contributed by atoms with E-state index >= 15 is 0 Å². The number of hydrogen-bond acceptors (Lipinski definition) is 4. The van der Waals surface area contributed by atoms with Gasteiger partial charge in [0.25, 0.3) is 0 Å². The van der Waals surface area contributed by atoms with E-state index in [1.54, 1.807) is 29.2 Å². The molecule has 106 valence electrons. The first kappa shape index (κ1) is 13.0. The maximum absolute atomic E-state index is 14.0. The second kappa shape index (κ2) is 5.58. The zero-order valence-corrected chi connectivity index (χ0v) is 11.1. The number of anilines is 1. The minimum atomic E-state index is -0.368. The summed E-state index contributed by atoms with van der Waals surface area (Å²) in [5, 5.41) is 11.1. The van der Waals surface area contributed by atoms with Gasteiger partial charge in [0.2, 0.25) is 0 Å². The number of rotatable bonds is 5. The second-order valence-corrected chi connectivity index (χ2v) is 4.37. The van der Waals surface area contributed by atoms with Gasteiger partial charge in [-0.15, -0.1) is 0 Å². The van der Waals surface area contributed by atoms with Crippen molar-refractivity contribution in [2.75, 3.05) is 5.32 Å². The van der Waals surface area contributed by atoms with E-state index < -0.39 is 0 Å². The molecule has 0 atom stereocenters. The topological polar surface area (TPSA) is 60.6 Å². The Kier molecular flexibility index (Phi) is 3.46. The van der Waals surface area contributed by atoms with Crippen molar-refractivity contribution in [1.29, 1.82) is 0 Å². The quantitative estimate of drug-likeness (QED) is 0.781. The number of aromatic nitrogens is 5. The Morgan fingerprint density at radius 1 is 1.33 bits per heavy atom. The van der Waals surface area contributed by atoms with Crippen molar-refractivity contribution in [3.05, 3.63) is 61.2 Å². The molecule has 7 heteroatoms. The largest absolute Gasteiger partial charge is 0.381 e. The SMILES string of the molecule is C=Cn1cc(CNc2ccc(-n3cncn3)c(F)c2)cn1. The summed E-state index contributed by atoms with van der Waals surface area (Å²) in [7, 11) is 0. The number of nitrogens with zero attached hydrogens (tertiary/aromatic N) is 5. The van der Waals surface area contributed by atoms with E-state index in [0.717, 1.165) is 5.56 Å².